The number of alkyl halides is 3. The second kappa shape index (κ2) is 3.76. The molecule has 0 radical (unpaired) electrons. The van der Waals surface area contributed by atoms with Gasteiger partial charge in [-0.25, -0.2) is 0 Å². The smallest absolute Gasteiger partial charge is 0.333 e. The first-order chi connectivity index (χ1) is 6.32. The van der Waals surface area contributed by atoms with Crippen LogP contribution in [0.25, 0.3) is 0 Å². The van der Waals surface area contributed by atoms with Crippen LogP contribution in [0.15, 0.2) is 0 Å². The van der Waals surface area contributed by atoms with Gasteiger partial charge in [0.15, 0.2) is 0 Å². The van der Waals surface area contributed by atoms with E-state index in [1.165, 1.54) is 0 Å². The van der Waals surface area contributed by atoms with Gasteiger partial charge < -0.3 is 10.6 Å². The molecule has 1 saturated heterocycles. The van der Waals surface area contributed by atoms with E-state index < -0.39 is 12.1 Å². The molecule has 6 heteroatoms. The Kier molecular flexibility index (Phi) is 3.04. The van der Waals surface area contributed by atoms with E-state index in [2.05, 4.69) is 0 Å². The van der Waals surface area contributed by atoms with Gasteiger partial charge in [-0.2, -0.15) is 13.2 Å². The largest absolute Gasteiger partial charge is 0.471 e. The Morgan fingerprint density at radius 2 is 2.07 bits per heavy atom. The molecule has 82 valence electrons. The lowest BCUT2D eigenvalue weighted by atomic mass is 9.94. The van der Waals surface area contributed by atoms with Gasteiger partial charge in [-0.1, -0.05) is 6.92 Å². The summed E-state index contributed by atoms with van der Waals surface area (Å²) in [5.74, 6) is -1.60. The van der Waals surface area contributed by atoms with Crippen molar-refractivity contribution in [1.29, 1.82) is 0 Å². The number of hydrogen-bond donors (Lipinski definition) is 1. The van der Waals surface area contributed by atoms with Crippen molar-refractivity contribution in [3.05, 3.63) is 0 Å². The van der Waals surface area contributed by atoms with Crippen LogP contribution in [0, 0.1) is 5.92 Å². The lowest BCUT2D eigenvalue weighted by molar-refractivity contribution is -0.187. The number of halogens is 3. The number of hydrogen-bond acceptors (Lipinski definition) is 2. The molecule has 1 rings (SSSR count). The highest BCUT2D eigenvalue weighted by Gasteiger charge is 2.43. The van der Waals surface area contributed by atoms with E-state index >= 15 is 0 Å². The Labute approximate surface area is 80.0 Å². The number of carbonyl (C=O) groups is 1. The lowest BCUT2D eigenvalue weighted by Gasteiger charge is -2.35. The zero-order valence-corrected chi connectivity index (χ0v) is 7.84. The number of nitrogens with two attached hydrogens (primary N) is 1. The first-order valence-corrected chi connectivity index (χ1v) is 4.44. The fourth-order valence-electron chi connectivity index (χ4n) is 1.46. The van der Waals surface area contributed by atoms with E-state index in [-0.39, 0.29) is 25.0 Å². The predicted molar refractivity (Wildman–Crippen MR) is 44.4 cm³/mol. The van der Waals surface area contributed by atoms with Gasteiger partial charge in [-0.3, -0.25) is 4.79 Å². The Morgan fingerprint density at radius 1 is 1.50 bits per heavy atom. The van der Waals surface area contributed by atoms with Gasteiger partial charge in [-0.15, -0.1) is 0 Å². The van der Waals surface area contributed by atoms with Crippen LogP contribution in [-0.4, -0.2) is 36.1 Å². The minimum atomic E-state index is -4.78. The molecule has 0 aliphatic carbocycles. The van der Waals surface area contributed by atoms with E-state index in [1.54, 1.807) is 0 Å². The van der Waals surface area contributed by atoms with Crippen molar-refractivity contribution in [3.8, 4) is 0 Å². The predicted octanol–water partition coefficient (Wildman–Crippen LogP) is 0.744. The second-order valence-corrected chi connectivity index (χ2v) is 3.68. The number of carbonyl (C=O) groups excluding carboxylic acids is 1. The molecule has 1 aliphatic heterocycles. The summed E-state index contributed by atoms with van der Waals surface area (Å²) in [6, 6.07) is -0.352. The third-order valence-electron chi connectivity index (χ3n) is 2.55. The van der Waals surface area contributed by atoms with Crippen molar-refractivity contribution in [2.45, 2.75) is 25.6 Å². The summed E-state index contributed by atoms with van der Waals surface area (Å²) in [7, 11) is 0. The number of rotatable bonds is 0. The summed E-state index contributed by atoms with van der Waals surface area (Å²) in [5.41, 5.74) is 5.59. The number of nitrogens with zero attached hydrogens (tertiary/aromatic N) is 1. The Bertz CT molecular complexity index is 229. The van der Waals surface area contributed by atoms with Gasteiger partial charge in [0.2, 0.25) is 0 Å². The standard InChI is InChI=1S/C8H13F3N2O/c1-5-2-3-13(4-6(5)12)7(14)8(9,10)11/h5-6H,2-4,12H2,1H3. The molecular formula is C8H13F3N2O. The van der Waals surface area contributed by atoms with E-state index in [0.717, 1.165) is 4.90 Å². The summed E-state index contributed by atoms with van der Waals surface area (Å²) in [6.07, 6.45) is -4.25. The van der Waals surface area contributed by atoms with Crippen LogP contribution in [0.4, 0.5) is 13.2 Å². The quantitative estimate of drug-likeness (QED) is 0.641. The van der Waals surface area contributed by atoms with Crippen LogP contribution >= 0.6 is 0 Å². The fraction of sp³-hybridized carbons (Fsp3) is 0.875. The van der Waals surface area contributed by atoms with Crippen LogP contribution in [-0.2, 0) is 4.79 Å². The summed E-state index contributed by atoms with van der Waals surface area (Å²) >= 11 is 0. The SMILES string of the molecule is CC1CCN(C(=O)C(F)(F)F)CC1N. The molecule has 2 N–H and O–H groups in total. The lowest BCUT2D eigenvalue weighted by Crippen LogP contribution is -2.53. The minimum absolute atomic E-state index is 0.000486. The molecule has 1 aliphatic rings. The van der Waals surface area contributed by atoms with E-state index in [0.29, 0.717) is 6.42 Å². The second-order valence-electron chi connectivity index (χ2n) is 3.68. The fourth-order valence-corrected chi connectivity index (χ4v) is 1.46. The van der Waals surface area contributed by atoms with Crippen molar-refractivity contribution in [2.24, 2.45) is 11.7 Å². The van der Waals surface area contributed by atoms with Crippen LogP contribution in [0.3, 0.4) is 0 Å². The summed E-state index contributed by atoms with van der Waals surface area (Å²) in [4.78, 5) is 11.6. The first kappa shape index (κ1) is 11.3. The van der Waals surface area contributed by atoms with Crippen molar-refractivity contribution in [3.63, 3.8) is 0 Å². The molecule has 3 nitrogen and oxygen atoms in total. The zero-order valence-electron chi connectivity index (χ0n) is 7.84. The van der Waals surface area contributed by atoms with E-state index in [4.69, 9.17) is 5.73 Å². The van der Waals surface area contributed by atoms with Crippen LogP contribution in [0.2, 0.25) is 0 Å². The van der Waals surface area contributed by atoms with Gasteiger partial charge in [-0.05, 0) is 12.3 Å². The van der Waals surface area contributed by atoms with Crippen LogP contribution < -0.4 is 5.73 Å². The summed E-state index contributed by atoms with van der Waals surface area (Å²) in [6.45, 7) is 2.02. The maximum absolute atomic E-state index is 12.0. The van der Waals surface area contributed by atoms with Gasteiger partial charge in [0, 0.05) is 19.1 Å². The highest BCUT2D eigenvalue weighted by atomic mass is 19.4. The summed E-state index contributed by atoms with van der Waals surface area (Å²) in [5, 5.41) is 0. The molecule has 0 aromatic rings. The topological polar surface area (TPSA) is 46.3 Å². The van der Waals surface area contributed by atoms with Gasteiger partial charge in [0.1, 0.15) is 0 Å². The Balaban J connectivity index is 2.59. The molecule has 1 amide bonds. The molecule has 0 aromatic carbocycles. The van der Waals surface area contributed by atoms with Crippen LogP contribution in [0.5, 0.6) is 0 Å². The number of piperidine rings is 1. The Hall–Kier alpha value is -0.780. The third-order valence-corrected chi connectivity index (χ3v) is 2.55. The van der Waals surface area contributed by atoms with Gasteiger partial charge >= 0.3 is 12.1 Å². The molecular weight excluding hydrogens is 197 g/mol. The average molecular weight is 210 g/mol. The molecule has 1 fully saturated rings. The van der Waals surface area contributed by atoms with Crippen molar-refractivity contribution >= 4 is 5.91 Å². The van der Waals surface area contributed by atoms with Crippen molar-refractivity contribution < 1.29 is 18.0 Å². The molecule has 1 heterocycles. The highest BCUT2D eigenvalue weighted by Crippen LogP contribution is 2.22. The number of likely N-dealkylation sites (tertiary alicyclic amines) is 1. The molecule has 2 atom stereocenters. The van der Waals surface area contributed by atoms with Crippen molar-refractivity contribution in [1.82, 2.24) is 4.90 Å². The average Bonchev–Trinajstić information content (AvgIpc) is 2.07. The van der Waals surface area contributed by atoms with E-state index in [1.807, 2.05) is 6.92 Å². The first-order valence-electron chi connectivity index (χ1n) is 4.44. The monoisotopic (exact) mass is 210 g/mol. The maximum atomic E-state index is 12.0. The minimum Gasteiger partial charge on any atom is -0.333 e. The van der Waals surface area contributed by atoms with Gasteiger partial charge in [0.05, 0.1) is 0 Å². The Morgan fingerprint density at radius 3 is 2.50 bits per heavy atom. The zero-order chi connectivity index (χ0) is 10.9. The highest BCUT2D eigenvalue weighted by molar-refractivity contribution is 5.82. The summed E-state index contributed by atoms with van der Waals surface area (Å²) < 4.78 is 36.1. The van der Waals surface area contributed by atoms with Crippen molar-refractivity contribution in [2.75, 3.05) is 13.1 Å². The molecule has 0 bridgehead atoms. The molecule has 0 spiro atoms. The molecule has 2 unspecified atom stereocenters. The molecule has 0 saturated carbocycles. The number of amides is 1. The maximum Gasteiger partial charge on any atom is 0.471 e. The van der Waals surface area contributed by atoms with Gasteiger partial charge in [0.25, 0.3) is 0 Å². The van der Waals surface area contributed by atoms with E-state index in [9.17, 15) is 18.0 Å². The normalized spacial score (nSPS) is 29.1. The molecule has 14 heavy (non-hydrogen) atoms. The molecule has 0 aromatic heterocycles. The van der Waals surface area contributed by atoms with Crippen LogP contribution in [0.1, 0.15) is 13.3 Å². The third kappa shape index (κ3) is 2.37.